The minimum Gasteiger partial charge on any atom is -0.255 e. The minimum absolute atomic E-state index is 0.894. The largest absolute Gasteiger partial charge is 0.255 e. The van der Waals surface area contributed by atoms with Crippen LogP contribution in [0.2, 0.25) is 0 Å². The lowest BCUT2D eigenvalue weighted by Crippen LogP contribution is -1.87. The standard InChI is InChI=1S/C20H14N2/c1-2-6-16-13-17(9-8-15(16)5-1)18-10-12-22-20(14-18)19-7-3-4-11-21-19/h1-14H. The molecule has 4 aromatic rings. The van der Waals surface area contributed by atoms with E-state index >= 15 is 0 Å². The molecule has 0 spiro atoms. The van der Waals surface area contributed by atoms with E-state index in [4.69, 9.17) is 0 Å². The van der Waals surface area contributed by atoms with E-state index in [9.17, 15) is 0 Å². The molecule has 2 aromatic heterocycles. The monoisotopic (exact) mass is 282 g/mol. The zero-order valence-electron chi connectivity index (χ0n) is 12.0. The van der Waals surface area contributed by atoms with Gasteiger partial charge in [-0.05, 0) is 52.2 Å². The first-order chi connectivity index (χ1) is 10.9. The fraction of sp³-hybridized carbons (Fsp3) is 0. The molecule has 2 heteroatoms. The summed E-state index contributed by atoms with van der Waals surface area (Å²) in [5.74, 6) is 0. The molecule has 0 aliphatic heterocycles. The molecule has 0 fully saturated rings. The summed E-state index contributed by atoms with van der Waals surface area (Å²) in [5, 5.41) is 2.50. The van der Waals surface area contributed by atoms with E-state index in [0.29, 0.717) is 0 Å². The first-order valence-electron chi connectivity index (χ1n) is 7.27. The lowest BCUT2D eigenvalue weighted by molar-refractivity contribution is 1.25. The van der Waals surface area contributed by atoms with Crippen molar-refractivity contribution in [2.45, 2.75) is 0 Å². The molecule has 2 aromatic carbocycles. The highest BCUT2D eigenvalue weighted by Gasteiger charge is 2.04. The van der Waals surface area contributed by atoms with Gasteiger partial charge in [0.1, 0.15) is 0 Å². The predicted octanol–water partition coefficient (Wildman–Crippen LogP) is 4.96. The van der Waals surface area contributed by atoms with Crippen LogP contribution in [0, 0.1) is 0 Å². The van der Waals surface area contributed by atoms with Crippen molar-refractivity contribution in [2.24, 2.45) is 0 Å². The lowest BCUT2D eigenvalue weighted by atomic mass is 10.0. The average Bonchev–Trinajstić information content (AvgIpc) is 2.62. The van der Waals surface area contributed by atoms with Gasteiger partial charge in [-0.2, -0.15) is 0 Å². The Bertz CT molecular complexity index is 930. The topological polar surface area (TPSA) is 25.8 Å². The summed E-state index contributed by atoms with van der Waals surface area (Å²) >= 11 is 0. The van der Waals surface area contributed by atoms with Crippen LogP contribution in [-0.4, -0.2) is 9.97 Å². The van der Waals surface area contributed by atoms with Gasteiger partial charge in [-0.25, -0.2) is 0 Å². The van der Waals surface area contributed by atoms with E-state index in [1.165, 1.54) is 16.3 Å². The SMILES string of the molecule is c1ccc(-c2cc(-c3ccc4ccccc4c3)ccn2)nc1. The first kappa shape index (κ1) is 12.7. The lowest BCUT2D eigenvalue weighted by Gasteiger charge is -2.06. The fourth-order valence-electron chi connectivity index (χ4n) is 2.63. The highest BCUT2D eigenvalue weighted by molar-refractivity contribution is 5.87. The summed E-state index contributed by atoms with van der Waals surface area (Å²) in [4.78, 5) is 8.81. The van der Waals surface area contributed by atoms with E-state index in [1.807, 2.05) is 30.5 Å². The van der Waals surface area contributed by atoms with Gasteiger partial charge in [-0.15, -0.1) is 0 Å². The summed E-state index contributed by atoms with van der Waals surface area (Å²) in [5.41, 5.74) is 4.14. The molecule has 0 unspecified atom stereocenters. The molecule has 4 rings (SSSR count). The molecule has 0 N–H and O–H groups in total. The zero-order chi connectivity index (χ0) is 14.8. The molecule has 0 saturated heterocycles. The van der Waals surface area contributed by atoms with Gasteiger partial charge >= 0.3 is 0 Å². The Morgan fingerprint density at radius 2 is 1.27 bits per heavy atom. The fourth-order valence-corrected chi connectivity index (χ4v) is 2.63. The third kappa shape index (κ3) is 2.35. The normalized spacial score (nSPS) is 10.7. The molecule has 0 bridgehead atoms. The Balaban J connectivity index is 1.81. The number of hydrogen-bond donors (Lipinski definition) is 0. The molecule has 0 aliphatic rings. The van der Waals surface area contributed by atoms with Crippen LogP contribution in [0.5, 0.6) is 0 Å². The highest BCUT2D eigenvalue weighted by atomic mass is 14.8. The third-order valence-corrected chi connectivity index (χ3v) is 3.77. The van der Waals surface area contributed by atoms with Gasteiger partial charge < -0.3 is 0 Å². The quantitative estimate of drug-likeness (QED) is 0.519. The molecule has 2 heterocycles. The Labute approximate surface area is 129 Å². The predicted molar refractivity (Wildman–Crippen MR) is 90.4 cm³/mol. The van der Waals surface area contributed by atoms with Crippen LogP contribution in [0.1, 0.15) is 0 Å². The summed E-state index contributed by atoms with van der Waals surface area (Å²) in [7, 11) is 0. The molecule has 104 valence electrons. The van der Waals surface area contributed by atoms with E-state index in [1.54, 1.807) is 6.20 Å². The van der Waals surface area contributed by atoms with Crippen molar-refractivity contribution in [1.82, 2.24) is 9.97 Å². The number of nitrogens with zero attached hydrogens (tertiary/aromatic N) is 2. The van der Waals surface area contributed by atoms with Crippen molar-refractivity contribution in [2.75, 3.05) is 0 Å². The van der Waals surface area contributed by atoms with Crippen LogP contribution in [0.3, 0.4) is 0 Å². The molecule has 22 heavy (non-hydrogen) atoms. The molecule has 0 aliphatic carbocycles. The van der Waals surface area contributed by atoms with Gasteiger partial charge in [0.25, 0.3) is 0 Å². The average molecular weight is 282 g/mol. The molecule has 0 radical (unpaired) electrons. The van der Waals surface area contributed by atoms with Crippen molar-refractivity contribution >= 4 is 10.8 Å². The maximum atomic E-state index is 4.43. The van der Waals surface area contributed by atoms with Crippen LogP contribution in [0.15, 0.2) is 85.2 Å². The van der Waals surface area contributed by atoms with Gasteiger partial charge in [0.2, 0.25) is 0 Å². The number of benzene rings is 2. The van der Waals surface area contributed by atoms with Crippen LogP contribution >= 0.6 is 0 Å². The summed E-state index contributed by atoms with van der Waals surface area (Å²) in [6, 6.07) is 24.9. The summed E-state index contributed by atoms with van der Waals surface area (Å²) < 4.78 is 0. The van der Waals surface area contributed by atoms with Gasteiger partial charge in [-0.3, -0.25) is 9.97 Å². The number of aromatic nitrogens is 2. The summed E-state index contributed by atoms with van der Waals surface area (Å²) in [6.07, 6.45) is 3.63. The number of hydrogen-bond acceptors (Lipinski definition) is 2. The van der Waals surface area contributed by atoms with Gasteiger partial charge in [0, 0.05) is 12.4 Å². The Morgan fingerprint density at radius 3 is 2.14 bits per heavy atom. The second-order valence-corrected chi connectivity index (χ2v) is 5.21. The maximum Gasteiger partial charge on any atom is 0.0892 e. The molecule has 2 nitrogen and oxygen atoms in total. The number of pyridine rings is 2. The van der Waals surface area contributed by atoms with Crippen molar-refractivity contribution in [3.05, 3.63) is 85.2 Å². The van der Waals surface area contributed by atoms with E-state index in [0.717, 1.165) is 17.0 Å². The Kier molecular flexibility index (Phi) is 3.13. The number of rotatable bonds is 2. The Hall–Kier alpha value is -3.00. The molecule has 0 amide bonds. The van der Waals surface area contributed by atoms with E-state index < -0.39 is 0 Å². The van der Waals surface area contributed by atoms with E-state index in [-0.39, 0.29) is 0 Å². The third-order valence-electron chi connectivity index (χ3n) is 3.77. The van der Waals surface area contributed by atoms with Crippen LogP contribution < -0.4 is 0 Å². The van der Waals surface area contributed by atoms with Crippen LogP contribution in [0.25, 0.3) is 33.3 Å². The van der Waals surface area contributed by atoms with Gasteiger partial charge in [0.15, 0.2) is 0 Å². The van der Waals surface area contributed by atoms with Crippen molar-refractivity contribution < 1.29 is 0 Å². The molecular formula is C20H14N2. The van der Waals surface area contributed by atoms with Gasteiger partial charge in [-0.1, -0.05) is 42.5 Å². The van der Waals surface area contributed by atoms with Crippen molar-refractivity contribution in [1.29, 1.82) is 0 Å². The van der Waals surface area contributed by atoms with Crippen LogP contribution in [-0.2, 0) is 0 Å². The highest BCUT2D eigenvalue weighted by Crippen LogP contribution is 2.26. The first-order valence-corrected chi connectivity index (χ1v) is 7.27. The Morgan fingerprint density at radius 1 is 0.500 bits per heavy atom. The van der Waals surface area contributed by atoms with E-state index in [2.05, 4.69) is 58.5 Å². The van der Waals surface area contributed by atoms with Crippen molar-refractivity contribution in [3.63, 3.8) is 0 Å². The van der Waals surface area contributed by atoms with Crippen LogP contribution in [0.4, 0.5) is 0 Å². The second kappa shape index (κ2) is 5.41. The second-order valence-electron chi connectivity index (χ2n) is 5.21. The molecular weight excluding hydrogens is 268 g/mol. The maximum absolute atomic E-state index is 4.43. The van der Waals surface area contributed by atoms with Gasteiger partial charge in [0.05, 0.1) is 11.4 Å². The summed E-state index contributed by atoms with van der Waals surface area (Å²) in [6.45, 7) is 0. The van der Waals surface area contributed by atoms with Crippen molar-refractivity contribution in [3.8, 4) is 22.5 Å². The number of fused-ring (bicyclic) bond motifs is 1. The molecule has 0 atom stereocenters. The molecule has 0 saturated carbocycles. The zero-order valence-corrected chi connectivity index (χ0v) is 12.0. The smallest absolute Gasteiger partial charge is 0.0892 e. The minimum atomic E-state index is 0.894.